The van der Waals surface area contributed by atoms with Crippen molar-refractivity contribution in [2.45, 2.75) is 17.9 Å². The Balaban J connectivity index is 1.95. The number of nitrogens with zero attached hydrogens (tertiary/aromatic N) is 1. The highest BCUT2D eigenvalue weighted by Gasteiger charge is 2.16. The van der Waals surface area contributed by atoms with Crippen molar-refractivity contribution >= 4 is 28.4 Å². The summed E-state index contributed by atoms with van der Waals surface area (Å²) in [5.41, 5.74) is 6.89. The number of benzene rings is 2. The minimum Gasteiger partial charge on any atom is -0.496 e. The maximum atomic E-state index is 11.1. The van der Waals surface area contributed by atoms with Crippen LogP contribution in [0.5, 0.6) is 5.75 Å². The van der Waals surface area contributed by atoms with E-state index in [1.807, 2.05) is 42.5 Å². The number of hydrogen-bond donors (Lipinski definition) is 1. The number of carbonyl (C=O) groups excluding carboxylic acids is 1. The summed E-state index contributed by atoms with van der Waals surface area (Å²) in [7, 11) is 1.64. The lowest BCUT2D eigenvalue weighted by Gasteiger charge is -2.09. The van der Waals surface area contributed by atoms with Crippen LogP contribution < -0.4 is 10.5 Å². The molecule has 1 aromatic heterocycles. The summed E-state index contributed by atoms with van der Waals surface area (Å²) in [5, 5.41) is 6.07. The molecule has 0 radical (unpaired) electrons. The van der Waals surface area contributed by atoms with Crippen molar-refractivity contribution in [1.82, 2.24) is 5.16 Å². The van der Waals surface area contributed by atoms with Gasteiger partial charge in [-0.2, -0.15) is 0 Å². The topological polar surface area (TPSA) is 78.4 Å². The third kappa shape index (κ3) is 3.23. The minimum atomic E-state index is -0.338. The van der Waals surface area contributed by atoms with Gasteiger partial charge in [-0.3, -0.25) is 4.79 Å². The van der Waals surface area contributed by atoms with E-state index in [0.717, 1.165) is 22.1 Å². The standard InChI is InChI=1S/C18H18N2O3S/c1-11(18(19)21)24-10-13-9-15(20-23-13)17-14-6-4-3-5-12(14)7-8-16(17)22-2/h3-9,11H,10H2,1-2H3,(H2,19,21). The van der Waals surface area contributed by atoms with Crippen LogP contribution in [0, 0.1) is 0 Å². The lowest BCUT2D eigenvalue weighted by molar-refractivity contribution is -0.117. The average Bonchev–Trinajstić information content (AvgIpc) is 3.06. The molecular formula is C18H18N2O3S. The van der Waals surface area contributed by atoms with Crippen LogP contribution in [0.3, 0.4) is 0 Å². The molecule has 1 amide bonds. The van der Waals surface area contributed by atoms with E-state index in [4.69, 9.17) is 15.0 Å². The SMILES string of the molecule is COc1ccc2ccccc2c1-c1cc(CSC(C)C(N)=O)on1. The van der Waals surface area contributed by atoms with E-state index in [0.29, 0.717) is 17.2 Å². The normalized spacial score (nSPS) is 12.2. The van der Waals surface area contributed by atoms with Gasteiger partial charge in [-0.1, -0.05) is 35.5 Å². The van der Waals surface area contributed by atoms with E-state index in [1.165, 1.54) is 11.8 Å². The number of primary amides is 1. The fourth-order valence-corrected chi connectivity index (χ4v) is 3.19. The first-order chi connectivity index (χ1) is 11.6. The number of fused-ring (bicyclic) bond motifs is 1. The van der Waals surface area contributed by atoms with Gasteiger partial charge >= 0.3 is 0 Å². The zero-order valence-corrected chi connectivity index (χ0v) is 14.3. The lowest BCUT2D eigenvalue weighted by Crippen LogP contribution is -2.22. The van der Waals surface area contributed by atoms with Crippen LogP contribution in [0.2, 0.25) is 0 Å². The number of ether oxygens (including phenoxy) is 1. The molecule has 2 N–H and O–H groups in total. The zero-order chi connectivity index (χ0) is 17.1. The van der Waals surface area contributed by atoms with E-state index in [2.05, 4.69) is 5.16 Å². The first-order valence-electron chi connectivity index (χ1n) is 7.52. The van der Waals surface area contributed by atoms with Gasteiger partial charge in [-0.15, -0.1) is 11.8 Å². The fourth-order valence-electron chi connectivity index (χ4n) is 2.47. The summed E-state index contributed by atoms with van der Waals surface area (Å²) >= 11 is 1.42. The lowest BCUT2D eigenvalue weighted by atomic mass is 10.0. The number of amides is 1. The third-order valence-electron chi connectivity index (χ3n) is 3.80. The summed E-state index contributed by atoms with van der Waals surface area (Å²) in [6, 6.07) is 13.9. The summed E-state index contributed by atoms with van der Waals surface area (Å²) in [4.78, 5) is 11.1. The van der Waals surface area contributed by atoms with Crippen LogP contribution in [0.4, 0.5) is 0 Å². The molecule has 5 nitrogen and oxygen atoms in total. The molecule has 0 aliphatic rings. The second kappa shape index (κ2) is 6.97. The van der Waals surface area contributed by atoms with Crippen molar-refractivity contribution < 1.29 is 14.1 Å². The predicted molar refractivity (Wildman–Crippen MR) is 95.9 cm³/mol. The van der Waals surface area contributed by atoms with Crippen molar-refractivity contribution in [3.05, 3.63) is 48.2 Å². The number of methoxy groups -OCH3 is 1. The van der Waals surface area contributed by atoms with Gasteiger partial charge in [0.15, 0.2) is 0 Å². The molecule has 3 rings (SSSR count). The number of rotatable bonds is 6. The smallest absolute Gasteiger partial charge is 0.230 e. The first-order valence-corrected chi connectivity index (χ1v) is 8.57. The highest BCUT2D eigenvalue weighted by atomic mass is 32.2. The second-order valence-electron chi connectivity index (χ2n) is 5.40. The van der Waals surface area contributed by atoms with Gasteiger partial charge in [0, 0.05) is 6.07 Å². The van der Waals surface area contributed by atoms with Gasteiger partial charge in [0.05, 0.1) is 23.7 Å². The number of aromatic nitrogens is 1. The van der Waals surface area contributed by atoms with Gasteiger partial charge in [-0.05, 0) is 23.8 Å². The molecule has 0 saturated carbocycles. The maximum absolute atomic E-state index is 11.1. The van der Waals surface area contributed by atoms with E-state index in [9.17, 15) is 4.79 Å². The van der Waals surface area contributed by atoms with Gasteiger partial charge in [0.25, 0.3) is 0 Å². The molecule has 24 heavy (non-hydrogen) atoms. The van der Waals surface area contributed by atoms with Crippen molar-refractivity contribution in [1.29, 1.82) is 0 Å². The van der Waals surface area contributed by atoms with Crippen LogP contribution in [0.25, 0.3) is 22.0 Å². The Bertz CT molecular complexity index is 876. The van der Waals surface area contributed by atoms with Crippen molar-refractivity contribution in [3.8, 4) is 17.0 Å². The predicted octanol–water partition coefficient (Wildman–Crippen LogP) is 3.61. The molecule has 3 aromatic rings. The van der Waals surface area contributed by atoms with Gasteiger partial charge in [0.2, 0.25) is 5.91 Å². The molecule has 0 bridgehead atoms. The average molecular weight is 342 g/mol. The summed E-state index contributed by atoms with van der Waals surface area (Å²) in [6.45, 7) is 1.78. The van der Waals surface area contributed by atoms with Crippen LogP contribution in [0.15, 0.2) is 47.0 Å². The highest BCUT2D eigenvalue weighted by Crippen LogP contribution is 2.37. The van der Waals surface area contributed by atoms with E-state index in [-0.39, 0.29) is 11.2 Å². The van der Waals surface area contributed by atoms with Crippen LogP contribution >= 0.6 is 11.8 Å². The summed E-state index contributed by atoms with van der Waals surface area (Å²) in [5.74, 6) is 1.63. The molecule has 0 aliphatic heterocycles. The van der Waals surface area contributed by atoms with Crippen LogP contribution in [0.1, 0.15) is 12.7 Å². The number of nitrogens with two attached hydrogens (primary N) is 1. The van der Waals surface area contributed by atoms with Gasteiger partial charge in [-0.25, -0.2) is 0 Å². The minimum absolute atomic E-state index is 0.273. The Morgan fingerprint density at radius 2 is 2.12 bits per heavy atom. The van der Waals surface area contributed by atoms with E-state index >= 15 is 0 Å². The van der Waals surface area contributed by atoms with Crippen molar-refractivity contribution in [2.75, 3.05) is 7.11 Å². The molecule has 2 aromatic carbocycles. The molecule has 1 atom stereocenters. The van der Waals surface area contributed by atoms with E-state index < -0.39 is 0 Å². The fraction of sp³-hybridized carbons (Fsp3) is 0.222. The highest BCUT2D eigenvalue weighted by molar-refractivity contribution is 7.99. The largest absolute Gasteiger partial charge is 0.496 e. The van der Waals surface area contributed by atoms with Crippen molar-refractivity contribution in [2.24, 2.45) is 5.73 Å². The molecule has 6 heteroatoms. The molecule has 0 spiro atoms. The Kier molecular flexibility index (Phi) is 4.76. The maximum Gasteiger partial charge on any atom is 0.230 e. The molecule has 0 aliphatic carbocycles. The third-order valence-corrected chi connectivity index (χ3v) is 4.99. The number of thioether (sulfide) groups is 1. The Morgan fingerprint density at radius 1 is 1.33 bits per heavy atom. The van der Waals surface area contributed by atoms with Crippen LogP contribution in [-0.2, 0) is 10.5 Å². The molecule has 0 saturated heterocycles. The Labute approximate surface area is 144 Å². The van der Waals surface area contributed by atoms with Gasteiger partial charge < -0.3 is 15.0 Å². The first kappa shape index (κ1) is 16.4. The number of hydrogen-bond acceptors (Lipinski definition) is 5. The number of carbonyl (C=O) groups is 1. The van der Waals surface area contributed by atoms with Crippen molar-refractivity contribution in [3.63, 3.8) is 0 Å². The van der Waals surface area contributed by atoms with E-state index in [1.54, 1.807) is 14.0 Å². The Hall–Kier alpha value is -2.47. The zero-order valence-electron chi connectivity index (χ0n) is 13.5. The molecule has 124 valence electrons. The molecular weight excluding hydrogens is 324 g/mol. The summed E-state index contributed by atoms with van der Waals surface area (Å²) < 4.78 is 10.9. The van der Waals surface area contributed by atoms with Gasteiger partial charge in [0.1, 0.15) is 17.2 Å². The quantitative estimate of drug-likeness (QED) is 0.740. The Morgan fingerprint density at radius 3 is 2.88 bits per heavy atom. The summed E-state index contributed by atoms with van der Waals surface area (Å²) in [6.07, 6.45) is 0. The second-order valence-corrected chi connectivity index (χ2v) is 6.73. The monoisotopic (exact) mass is 342 g/mol. The molecule has 1 unspecified atom stereocenters. The van der Waals surface area contributed by atoms with Crippen LogP contribution in [-0.4, -0.2) is 23.4 Å². The molecule has 0 fully saturated rings. The molecule has 1 heterocycles.